The summed E-state index contributed by atoms with van der Waals surface area (Å²) in [4.78, 5) is 9.00. The summed E-state index contributed by atoms with van der Waals surface area (Å²) >= 11 is 0. The van der Waals surface area contributed by atoms with Gasteiger partial charge in [0, 0.05) is 6.92 Å². The molecule has 19 heavy (non-hydrogen) atoms. The van der Waals surface area contributed by atoms with Gasteiger partial charge in [-0.05, 0) is 74.0 Å². The minimum absolute atomic E-state index is 0.833. The van der Waals surface area contributed by atoms with Crippen LogP contribution in [-0.4, -0.2) is 22.4 Å². The van der Waals surface area contributed by atoms with Crippen molar-refractivity contribution in [3.8, 4) is 0 Å². The Kier molecular flexibility index (Phi) is 5.29. The molecule has 0 heterocycles. The lowest BCUT2D eigenvalue weighted by Crippen LogP contribution is -2.48. The summed E-state index contributed by atoms with van der Waals surface area (Å²) in [6.07, 6.45) is 14.1. The summed E-state index contributed by atoms with van der Waals surface area (Å²) in [5, 5.41) is 8.30. The first-order chi connectivity index (χ1) is 9.03. The molecule has 0 spiro atoms. The smallest absolute Gasteiger partial charge is 0.300 e. The van der Waals surface area contributed by atoms with E-state index in [1.807, 2.05) is 0 Å². The Morgan fingerprint density at radius 2 is 1.58 bits per heavy atom. The number of carbonyl (C=O) groups is 1. The summed E-state index contributed by atoms with van der Waals surface area (Å²) in [6, 6.07) is 0. The second kappa shape index (κ2) is 6.57. The van der Waals surface area contributed by atoms with Gasteiger partial charge in [-0.25, -0.2) is 0 Å². The molecule has 0 aromatic carbocycles. The van der Waals surface area contributed by atoms with Gasteiger partial charge in [-0.3, -0.25) is 4.79 Å². The number of rotatable bonds is 4. The van der Waals surface area contributed by atoms with Crippen LogP contribution < -0.4 is 0 Å². The van der Waals surface area contributed by atoms with Gasteiger partial charge in [-0.15, -0.1) is 8.58 Å². The number of carboxylic acid groups (broad SMARTS) is 1. The third-order valence-electron chi connectivity index (χ3n) is 5.07. The van der Waals surface area contributed by atoms with E-state index in [0.29, 0.717) is 0 Å². The van der Waals surface area contributed by atoms with E-state index >= 15 is 0 Å². The Balaban J connectivity index is 0.000000297. The van der Waals surface area contributed by atoms with E-state index in [2.05, 4.69) is 6.92 Å². The van der Waals surface area contributed by atoms with Crippen LogP contribution in [-0.2, 0) is 4.79 Å². The lowest BCUT2D eigenvalue weighted by molar-refractivity contribution is -0.134. The van der Waals surface area contributed by atoms with Crippen molar-refractivity contribution in [3.05, 3.63) is 0 Å². The summed E-state index contributed by atoms with van der Waals surface area (Å²) < 4.78 is 0. The monoisotopic (exact) mass is 284 g/mol. The van der Waals surface area contributed by atoms with Gasteiger partial charge in [0.25, 0.3) is 5.97 Å². The molecule has 1 N–H and O–H groups in total. The molecule has 4 aliphatic rings. The molecule has 0 aliphatic heterocycles. The minimum Gasteiger partial charge on any atom is -0.481 e. The molecule has 4 bridgehead atoms. The predicted molar refractivity (Wildman–Crippen MR) is 82.3 cm³/mol. The summed E-state index contributed by atoms with van der Waals surface area (Å²) in [7, 11) is 1.31. The van der Waals surface area contributed by atoms with E-state index in [-0.39, 0.29) is 0 Å². The van der Waals surface area contributed by atoms with Gasteiger partial charge in [0.1, 0.15) is 0 Å². The highest BCUT2D eigenvalue weighted by molar-refractivity contribution is 7.40. The first-order valence-electron chi connectivity index (χ1n) is 7.97. The van der Waals surface area contributed by atoms with Crippen molar-refractivity contribution in [2.75, 3.05) is 6.16 Å². The molecule has 4 fully saturated rings. The number of aliphatic carboxylic acids is 1. The van der Waals surface area contributed by atoms with Crippen LogP contribution >= 0.6 is 8.58 Å². The lowest BCUT2D eigenvalue weighted by Gasteiger charge is -2.57. The van der Waals surface area contributed by atoms with Gasteiger partial charge in [0.2, 0.25) is 0 Å². The van der Waals surface area contributed by atoms with Gasteiger partial charge in [0.05, 0.1) is 0 Å². The molecule has 4 rings (SSSR count). The first-order valence-corrected chi connectivity index (χ1v) is 9.18. The van der Waals surface area contributed by atoms with Crippen LogP contribution in [0.2, 0.25) is 0 Å². The Labute approximate surface area is 119 Å². The van der Waals surface area contributed by atoms with Gasteiger partial charge in [-0.1, -0.05) is 13.3 Å². The topological polar surface area (TPSA) is 37.3 Å². The summed E-state index contributed by atoms with van der Waals surface area (Å²) in [5.41, 5.74) is 0. The zero-order valence-corrected chi connectivity index (χ0v) is 13.5. The average Bonchev–Trinajstić information content (AvgIpc) is 2.26. The SMILES string of the molecule is CC(=O)O.CCCCPC12CC3CC(CC(C3)C1)C2. The average molecular weight is 284 g/mol. The summed E-state index contributed by atoms with van der Waals surface area (Å²) in [6.45, 7) is 3.42. The fraction of sp³-hybridized carbons (Fsp3) is 0.938. The molecule has 0 aromatic heterocycles. The second-order valence-corrected chi connectivity index (χ2v) is 8.91. The quantitative estimate of drug-likeness (QED) is 0.608. The van der Waals surface area contributed by atoms with Gasteiger partial charge < -0.3 is 5.11 Å². The highest BCUT2D eigenvalue weighted by Gasteiger charge is 2.50. The largest absolute Gasteiger partial charge is 0.481 e. The molecule has 0 aromatic rings. The lowest BCUT2D eigenvalue weighted by atomic mass is 9.56. The molecule has 0 saturated heterocycles. The molecule has 3 heteroatoms. The van der Waals surface area contributed by atoms with Crippen LogP contribution in [0, 0.1) is 17.8 Å². The molecule has 1 atom stereocenters. The molecular formula is C16H29O2P. The van der Waals surface area contributed by atoms with Crippen molar-refractivity contribution >= 4 is 14.6 Å². The third-order valence-corrected chi connectivity index (χ3v) is 7.03. The van der Waals surface area contributed by atoms with Gasteiger partial charge in [0.15, 0.2) is 0 Å². The minimum atomic E-state index is -0.833. The van der Waals surface area contributed by atoms with Crippen LogP contribution in [0.15, 0.2) is 0 Å². The van der Waals surface area contributed by atoms with E-state index in [1.165, 1.54) is 21.4 Å². The maximum atomic E-state index is 9.00. The van der Waals surface area contributed by atoms with Gasteiger partial charge >= 0.3 is 0 Å². The molecule has 4 saturated carbocycles. The number of carboxylic acids is 1. The van der Waals surface area contributed by atoms with E-state index < -0.39 is 5.97 Å². The standard InChI is InChI=1S/C14H25P.C2H4O2/c1-2-3-4-15-14-8-11-5-12(9-14)7-13(6-11)10-14;1-2(3)4/h11-13,15H,2-10H2,1H3;1H3,(H,3,4). The fourth-order valence-corrected chi connectivity index (χ4v) is 7.22. The molecule has 110 valence electrons. The fourth-order valence-electron chi connectivity index (χ4n) is 4.86. The molecule has 0 radical (unpaired) electrons. The zero-order valence-electron chi connectivity index (χ0n) is 12.5. The van der Waals surface area contributed by atoms with E-state index in [9.17, 15) is 0 Å². The van der Waals surface area contributed by atoms with Crippen LogP contribution in [0.1, 0.15) is 65.2 Å². The molecule has 1 unspecified atom stereocenters. The van der Waals surface area contributed by atoms with Crippen molar-refractivity contribution in [2.24, 2.45) is 17.8 Å². The maximum absolute atomic E-state index is 9.00. The van der Waals surface area contributed by atoms with Crippen molar-refractivity contribution in [3.63, 3.8) is 0 Å². The number of hydrogen-bond acceptors (Lipinski definition) is 1. The normalized spacial score (nSPS) is 39.4. The molecule has 4 aliphatic carbocycles. The summed E-state index contributed by atoms with van der Waals surface area (Å²) in [5.74, 6) is 2.64. The third kappa shape index (κ3) is 4.18. The number of unbranched alkanes of at least 4 members (excludes halogenated alkanes) is 1. The van der Waals surface area contributed by atoms with Crippen LogP contribution in [0.3, 0.4) is 0 Å². The first kappa shape index (κ1) is 15.3. The Hall–Kier alpha value is -0.100. The van der Waals surface area contributed by atoms with E-state index in [1.54, 1.807) is 44.7 Å². The zero-order chi connectivity index (χ0) is 13.9. The predicted octanol–water partition coefficient (Wildman–Crippen LogP) is 4.52. The van der Waals surface area contributed by atoms with E-state index in [4.69, 9.17) is 9.90 Å². The Morgan fingerprint density at radius 1 is 1.16 bits per heavy atom. The van der Waals surface area contributed by atoms with Crippen LogP contribution in [0.4, 0.5) is 0 Å². The van der Waals surface area contributed by atoms with Crippen molar-refractivity contribution in [1.82, 2.24) is 0 Å². The van der Waals surface area contributed by atoms with Crippen molar-refractivity contribution in [2.45, 2.75) is 70.4 Å². The number of hydrogen-bond donors (Lipinski definition) is 1. The highest BCUT2D eigenvalue weighted by Crippen LogP contribution is 2.62. The Morgan fingerprint density at radius 3 is 1.95 bits per heavy atom. The second-order valence-electron chi connectivity index (χ2n) is 7.00. The van der Waals surface area contributed by atoms with Crippen molar-refractivity contribution < 1.29 is 9.90 Å². The molecule has 0 amide bonds. The molecule has 2 nitrogen and oxygen atoms in total. The van der Waals surface area contributed by atoms with Crippen LogP contribution in [0.25, 0.3) is 0 Å². The molecular weight excluding hydrogens is 255 g/mol. The van der Waals surface area contributed by atoms with Crippen LogP contribution in [0.5, 0.6) is 0 Å². The van der Waals surface area contributed by atoms with E-state index in [0.717, 1.165) is 29.8 Å². The highest BCUT2D eigenvalue weighted by atomic mass is 31.1. The maximum Gasteiger partial charge on any atom is 0.300 e. The van der Waals surface area contributed by atoms with Gasteiger partial charge in [-0.2, -0.15) is 0 Å². The van der Waals surface area contributed by atoms with Crippen molar-refractivity contribution in [1.29, 1.82) is 0 Å². The Bertz CT molecular complexity index is 275.